The summed E-state index contributed by atoms with van der Waals surface area (Å²) in [5.41, 5.74) is 7.92. The van der Waals surface area contributed by atoms with Crippen LogP contribution in [-0.2, 0) is 14.6 Å². The van der Waals surface area contributed by atoms with E-state index in [2.05, 4.69) is 16.0 Å². The van der Waals surface area contributed by atoms with Gasteiger partial charge in [0.1, 0.15) is 0 Å². The Morgan fingerprint density at radius 1 is 1.08 bits per heavy atom. The third kappa shape index (κ3) is 7.71. The number of carbonyl (C=O) groups excluding carboxylic acids is 1. The lowest BCUT2D eigenvalue weighted by atomic mass is 10.0. The van der Waals surface area contributed by atoms with Gasteiger partial charge in [-0.2, -0.15) is 0 Å². The van der Waals surface area contributed by atoms with Crippen LogP contribution >= 0.6 is 36.4 Å². The first-order valence-corrected chi connectivity index (χ1v) is 13.9. The molecule has 1 fully saturated rings. The maximum Gasteiger partial charge on any atom is 0.223 e. The van der Waals surface area contributed by atoms with Gasteiger partial charge < -0.3 is 15.5 Å². The third-order valence-electron chi connectivity index (χ3n) is 6.56. The normalized spacial score (nSPS) is 14.1. The van der Waals surface area contributed by atoms with Gasteiger partial charge in [-0.25, -0.2) is 8.42 Å². The minimum atomic E-state index is -3.61. The number of nitrogens with zero attached hydrogens (tertiary/aromatic N) is 3. The summed E-state index contributed by atoms with van der Waals surface area (Å²) in [5.74, 6) is -0.397. The van der Waals surface area contributed by atoms with Crippen LogP contribution in [0.5, 0.6) is 0 Å². The van der Waals surface area contributed by atoms with Crippen molar-refractivity contribution in [3.63, 3.8) is 0 Å². The van der Waals surface area contributed by atoms with Gasteiger partial charge in [0.05, 0.1) is 10.6 Å². The molecule has 7 nitrogen and oxygen atoms in total. The van der Waals surface area contributed by atoms with Crippen molar-refractivity contribution in [3.05, 3.63) is 65.4 Å². The minimum Gasteiger partial charge on any atom is -0.371 e. The molecule has 0 saturated carbocycles. The van der Waals surface area contributed by atoms with E-state index in [1.165, 1.54) is 0 Å². The third-order valence-corrected chi connectivity index (χ3v) is 8.51. The number of rotatable bonds is 8. The van der Waals surface area contributed by atoms with Gasteiger partial charge in [-0.15, -0.1) is 24.8 Å². The second-order valence-electron chi connectivity index (χ2n) is 8.97. The molecule has 1 aliphatic heterocycles. The molecule has 0 aliphatic carbocycles. The number of nitrogens with two attached hydrogens (primary N) is 1. The van der Waals surface area contributed by atoms with Crippen LogP contribution in [0.25, 0.3) is 10.8 Å². The molecule has 0 spiro atoms. The van der Waals surface area contributed by atoms with Gasteiger partial charge in [0.15, 0.2) is 9.84 Å². The van der Waals surface area contributed by atoms with Crippen molar-refractivity contribution in [2.24, 2.45) is 5.73 Å². The van der Waals surface area contributed by atoms with Gasteiger partial charge in [-0.1, -0.05) is 23.7 Å². The van der Waals surface area contributed by atoms with Crippen molar-refractivity contribution in [1.82, 2.24) is 9.88 Å². The number of sulfone groups is 1. The predicted octanol–water partition coefficient (Wildman–Crippen LogP) is 4.66. The van der Waals surface area contributed by atoms with Gasteiger partial charge >= 0.3 is 0 Å². The molecule has 1 aliphatic rings. The minimum absolute atomic E-state index is 0. The number of aromatic nitrogens is 1. The number of anilines is 1. The molecule has 11 heteroatoms. The number of hydrogen-bond donors (Lipinski definition) is 1. The average Bonchev–Trinajstić information content (AvgIpc) is 2.85. The van der Waals surface area contributed by atoms with Crippen molar-refractivity contribution in [2.45, 2.75) is 37.1 Å². The molecule has 1 saturated heterocycles. The Labute approximate surface area is 236 Å². The van der Waals surface area contributed by atoms with Crippen molar-refractivity contribution >= 4 is 68.6 Å². The van der Waals surface area contributed by atoms with Crippen LogP contribution in [0, 0.1) is 6.92 Å². The van der Waals surface area contributed by atoms with Gasteiger partial charge in [0.25, 0.3) is 0 Å². The summed E-state index contributed by atoms with van der Waals surface area (Å²) in [6.45, 7) is 4.38. The van der Waals surface area contributed by atoms with Crippen LogP contribution in [0.1, 0.15) is 25.0 Å². The summed E-state index contributed by atoms with van der Waals surface area (Å²) in [7, 11) is -3.61. The van der Waals surface area contributed by atoms with Gasteiger partial charge in [-0.05, 0) is 66.9 Å². The van der Waals surface area contributed by atoms with Gasteiger partial charge in [0, 0.05) is 61.2 Å². The zero-order valence-electron chi connectivity index (χ0n) is 20.7. The highest BCUT2D eigenvalue weighted by Gasteiger charge is 2.29. The number of carbonyl (C=O) groups is 1. The first-order valence-electron chi connectivity index (χ1n) is 11.9. The first kappa shape index (κ1) is 31.1. The molecule has 2 N–H and O–H groups in total. The summed E-state index contributed by atoms with van der Waals surface area (Å²) < 4.78 is 26.0. The highest BCUT2D eigenvalue weighted by Crippen LogP contribution is 2.25. The summed E-state index contributed by atoms with van der Waals surface area (Å²) in [6.07, 6.45) is 3.37. The number of piperidine rings is 1. The molecule has 2 heterocycles. The Morgan fingerprint density at radius 3 is 2.43 bits per heavy atom. The molecule has 37 heavy (non-hydrogen) atoms. The first-order chi connectivity index (χ1) is 16.8. The quantitative estimate of drug-likeness (QED) is 0.412. The Balaban J connectivity index is 0.00000241. The van der Waals surface area contributed by atoms with E-state index >= 15 is 0 Å². The topological polar surface area (TPSA) is 96.6 Å². The molecule has 0 atom stereocenters. The number of halogens is 3. The van der Waals surface area contributed by atoms with Crippen LogP contribution in [0.3, 0.4) is 0 Å². The van der Waals surface area contributed by atoms with Crippen molar-refractivity contribution in [3.8, 4) is 0 Å². The lowest BCUT2D eigenvalue weighted by Gasteiger charge is -2.39. The van der Waals surface area contributed by atoms with Crippen LogP contribution in [-0.4, -0.2) is 62.2 Å². The number of pyridine rings is 1. The molecule has 3 aromatic rings. The zero-order chi connectivity index (χ0) is 25.0. The SMILES string of the molecule is Cc1cc(N2CCC(N(CCN)C(=O)CCS(=O)(=O)c3ccc4cc(Cl)ccc4c3)CC2)ccn1.Cl.Cl. The Hall–Kier alpha value is -2.10. The summed E-state index contributed by atoms with van der Waals surface area (Å²) >= 11 is 6.02. The summed E-state index contributed by atoms with van der Waals surface area (Å²) in [5, 5.41) is 2.26. The lowest BCUT2D eigenvalue weighted by molar-refractivity contribution is -0.133. The Bertz CT molecular complexity index is 1320. The van der Waals surface area contributed by atoms with Crippen LogP contribution < -0.4 is 10.6 Å². The second kappa shape index (κ2) is 13.6. The summed E-state index contributed by atoms with van der Waals surface area (Å²) in [4.78, 5) is 21.7. The largest absolute Gasteiger partial charge is 0.371 e. The predicted molar refractivity (Wildman–Crippen MR) is 155 cm³/mol. The second-order valence-corrected chi connectivity index (χ2v) is 11.5. The highest BCUT2D eigenvalue weighted by molar-refractivity contribution is 7.91. The number of fused-ring (bicyclic) bond motifs is 1. The molecular formula is C26H33Cl3N4O3S. The fourth-order valence-corrected chi connectivity index (χ4v) is 6.13. The molecular weight excluding hydrogens is 555 g/mol. The number of benzene rings is 2. The van der Waals surface area contributed by atoms with E-state index in [4.69, 9.17) is 17.3 Å². The zero-order valence-corrected chi connectivity index (χ0v) is 23.9. The number of amides is 1. The van der Waals surface area contributed by atoms with E-state index in [-0.39, 0.29) is 53.8 Å². The Morgan fingerprint density at radius 2 is 1.76 bits per heavy atom. The van der Waals surface area contributed by atoms with E-state index in [0.717, 1.165) is 48.1 Å². The molecule has 0 radical (unpaired) electrons. The van der Waals surface area contributed by atoms with Crippen molar-refractivity contribution < 1.29 is 13.2 Å². The lowest BCUT2D eigenvalue weighted by Crippen LogP contribution is -2.49. The van der Waals surface area contributed by atoms with Gasteiger partial charge in [-0.3, -0.25) is 9.78 Å². The van der Waals surface area contributed by atoms with E-state index in [9.17, 15) is 13.2 Å². The molecule has 202 valence electrons. The maximum absolute atomic E-state index is 13.1. The molecule has 0 unspecified atom stereocenters. The standard InChI is InChI=1S/C26H31ClN4O3S.2ClH/c1-19-16-24(6-11-29-19)30-12-7-23(8-13-30)31(14-10-28)26(32)9-15-35(33,34)25-5-3-20-17-22(27)4-2-21(20)18-25;;/h2-6,11,16-18,23H,7-10,12-15,28H2,1H3;2*1H. The fourth-order valence-electron chi connectivity index (χ4n) is 4.68. The molecule has 4 rings (SSSR count). The average molecular weight is 588 g/mol. The molecule has 0 bridgehead atoms. The highest BCUT2D eigenvalue weighted by atomic mass is 35.5. The van der Waals surface area contributed by atoms with E-state index < -0.39 is 9.84 Å². The molecule has 1 aromatic heterocycles. The molecule has 2 aromatic carbocycles. The summed E-state index contributed by atoms with van der Waals surface area (Å²) in [6, 6.07) is 14.4. The maximum atomic E-state index is 13.1. The van der Waals surface area contributed by atoms with Crippen LogP contribution in [0.15, 0.2) is 59.6 Å². The van der Waals surface area contributed by atoms with Crippen LogP contribution in [0.2, 0.25) is 5.02 Å². The molecule has 1 amide bonds. The van der Waals surface area contributed by atoms with Crippen molar-refractivity contribution in [1.29, 1.82) is 0 Å². The number of aryl methyl sites for hydroxylation is 1. The van der Waals surface area contributed by atoms with Crippen molar-refractivity contribution in [2.75, 3.05) is 36.8 Å². The van der Waals surface area contributed by atoms with Crippen LogP contribution in [0.4, 0.5) is 5.69 Å². The van der Waals surface area contributed by atoms with Gasteiger partial charge in [0.2, 0.25) is 5.91 Å². The van der Waals surface area contributed by atoms with E-state index in [1.54, 1.807) is 41.3 Å². The van der Waals surface area contributed by atoms with E-state index in [1.807, 2.05) is 19.2 Å². The smallest absolute Gasteiger partial charge is 0.223 e. The fraction of sp³-hybridized carbons (Fsp3) is 0.385. The van der Waals surface area contributed by atoms with E-state index in [0.29, 0.717) is 18.1 Å². The monoisotopic (exact) mass is 586 g/mol. The Kier molecular flexibility index (Phi) is 11.5. The number of hydrogen-bond acceptors (Lipinski definition) is 6.